The summed E-state index contributed by atoms with van der Waals surface area (Å²) in [6.07, 6.45) is 89.7. The molecule has 0 aromatic heterocycles. The summed E-state index contributed by atoms with van der Waals surface area (Å²) >= 11 is 0. The van der Waals surface area contributed by atoms with E-state index in [1.807, 2.05) is 24.3 Å². The van der Waals surface area contributed by atoms with Crippen molar-refractivity contribution in [2.45, 2.75) is 245 Å². The Labute approximate surface area is 460 Å². The third-order valence-corrected chi connectivity index (χ3v) is 12.0. The molecular formula is C69H108O6. The Kier molecular flexibility index (Phi) is 57.5. The standard InChI is InChI=1S/C69H108O6/c1-4-7-10-13-16-19-22-25-28-31-34-37-40-43-46-49-52-55-58-61-67(70)73-64-66(75-69(72)63-60-57-54-51-48-45-42-39-36-33-30-27-24-21-18-15-12-9-6-3)65-74-68(71)62-59-56-53-50-47-44-41-38-35-32-29-26-23-20-17-14-11-8-5-2/h7,9-10,12,16,18-19,21,25-30,34,36-37,39,43,45-46,48,52,54-55,57,66H,4-6,8,11,13-15,17,20,22-24,31-33,35,38,40-42,44,47,49-51,53,56,58-65H2,1-3H3/b10-7-,12-9-,19-16-,21-18-,28-25-,29-26-,30-27-,37-34-,39-36-,46-43-,48-45-,55-52-,57-54-/t66-/m1/s1. The number of esters is 3. The maximum atomic E-state index is 12.8. The molecule has 0 aliphatic carbocycles. The number of carbonyl (C=O) groups is 3. The topological polar surface area (TPSA) is 78.9 Å². The van der Waals surface area contributed by atoms with Gasteiger partial charge in [0.25, 0.3) is 0 Å². The van der Waals surface area contributed by atoms with Gasteiger partial charge >= 0.3 is 17.9 Å². The summed E-state index contributed by atoms with van der Waals surface area (Å²) < 4.78 is 16.7. The molecule has 0 bridgehead atoms. The number of unbranched alkanes of at least 4 members (excludes halogenated alkanes) is 15. The highest BCUT2D eigenvalue weighted by Gasteiger charge is 2.19. The SMILES string of the molecule is CC/C=C\C/C=C\C/C=C\C/C=C\C/C=C\C/C=C\CCC(=O)OC[C@H](COC(=O)CCCCCCCCCCC/C=C\CCCCCCCC)OC(=O)CC/C=C\C/C=C\C/C=C\C/C=C\C/C=C\C/C=C\CC. The van der Waals surface area contributed by atoms with Crippen molar-refractivity contribution < 1.29 is 28.6 Å². The van der Waals surface area contributed by atoms with Gasteiger partial charge in [-0.1, -0.05) is 256 Å². The van der Waals surface area contributed by atoms with Crippen LogP contribution in [0.1, 0.15) is 239 Å². The fourth-order valence-electron chi connectivity index (χ4n) is 7.61. The predicted molar refractivity (Wildman–Crippen MR) is 325 cm³/mol. The zero-order valence-corrected chi connectivity index (χ0v) is 48.0. The third kappa shape index (κ3) is 59.8. The van der Waals surface area contributed by atoms with Gasteiger partial charge in [0.2, 0.25) is 0 Å². The van der Waals surface area contributed by atoms with Gasteiger partial charge in [-0.15, -0.1) is 0 Å². The van der Waals surface area contributed by atoms with Gasteiger partial charge in [-0.25, -0.2) is 0 Å². The molecule has 0 heterocycles. The number of allylic oxidation sites excluding steroid dienone is 26. The maximum Gasteiger partial charge on any atom is 0.306 e. The summed E-state index contributed by atoms with van der Waals surface area (Å²) in [5.74, 6) is -1.12. The van der Waals surface area contributed by atoms with E-state index in [0.29, 0.717) is 19.3 Å². The highest BCUT2D eigenvalue weighted by atomic mass is 16.6. The average molecular weight is 1030 g/mol. The molecule has 0 fully saturated rings. The maximum absolute atomic E-state index is 12.8. The lowest BCUT2D eigenvalue weighted by Gasteiger charge is -2.18. The fourth-order valence-corrected chi connectivity index (χ4v) is 7.61. The molecule has 0 aliphatic heterocycles. The smallest absolute Gasteiger partial charge is 0.306 e. The first-order valence-electron chi connectivity index (χ1n) is 30.0. The van der Waals surface area contributed by atoms with E-state index >= 15 is 0 Å². The monoisotopic (exact) mass is 1030 g/mol. The quantitative estimate of drug-likeness (QED) is 0.0261. The first kappa shape index (κ1) is 70.0. The van der Waals surface area contributed by atoms with E-state index in [1.165, 1.54) is 89.9 Å². The zero-order valence-electron chi connectivity index (χ0n) is 48.0. The van der Waals surface area contributed by atoms with E-state index in [-0.39, 0.29) is 38.0 Å². The molecule has 0 aromatic carbocycles. The highest BCUT2D eigenvalue weighted by Crippen LogP contribution is 2.14. The van der Waals surface area contributed by atoms with Gasteiger partial charge in [-0.2, -0.15) is 0 Å². The van der Waals surface area contributed by atoms with Crippen LogP contribution in [0.2, 0.25) is 0 Å². The second-order valence-electron chi connectivity index (χ2n) is 19.1. The van der Waals surface area contributed by atoms with E-state index in [0.717, 1.165) is 96.3 Å². The highest BCUT2D eigenvalue weighted by molar-refractivity contribution is 5.71. The van der Waals surface area contributed by atoms with Crippen LogP contribution in [0.4, 0.5) is 0 Å². The summed E-state index contributed by atoms with van der Waals surface area (Å²) in [4.78, 5) is 38.2. The molecule has 6 nitrogen and oxygen atoms in total. The van der Waals surface area contributed by atoms with Gasteiger partial charge in [-0.05, 0) is 122 Å². The van der Waals surface area contributed by atoms with Crippen molar-refractivity contribution in [1.82, 2.24) is 0 Å². The molecule has 0 unspecified atom stereocenters. The van der Waals surface area contributed by atoms with Crippen LogP contribution in [0.5, 0.6) is 0 Å². The lowest BCUT2D eigenvalue weighted by molar-refractivity contribution is -0.166. The lowest BCUT2D eigenvalue weighted by atomic mass is 10.1. The van der Waals surface area contributed by atoms with Gasteiger partial charge in [-0.3, -0.25) is 14.4 Å². The molecule has 420 valence electrons. The number of carbonyl (C=O) groups excluding carboxylic acids is 3. The van der Waals surface area contributed by atoms with Crippen LogP contribution >= 0.6 is 0 Å². The molecule has 0 saturated carbocycles. The van der Waals surface area contributed by atoms with Crippen LogP contribution in [-0.2, 0) is 28.6 Å². The van der Waals surface area contributed by atoms with Crippen LogP contribution in [-0.4, -0.2) is 37.2 Å². The lowest BCUT2D eigenvalue weighted by Crippen LogP contribution is -2.30. The van der Waals surface area contributed by atoms with Gasteiger partial charge in [0.1, 0.15) is 13.2 Å². The molecule has 1 atom stereocenters. The minimum atomic E-state index is -0.859. The first-order valence-corrected chi connectivity index (χ1v) is 30.0. The Balaban J connectivity index is 4.63. The number of hydrogen-bond acceptors (Lipinski definition) is 6. The molecule has 0 radical (unpaired) electrons. The van der Waals surface area contributed by atoms with Crippen LogP contribution in [0.3, 0.4) is 0 Å². The number of rotatable bonds is 52. The molecule has 0 amide bonds. The molecule has 0 rings (SSSR count). The van der Waals surface area contributed by atoms with Crippen molar-refractivity contribution >= 4 is 17.9 Å². The molecule has 0 spiro atoms. The van der Waals surface area contributed by atoms with Gasteiger partial charge in [0.15, 0.2) is 6.10 Å². The van der Waals surface area contributed by atoms with Crippen molar-refractivity contribution in [3.05, 3.63) is 158 Å². The largest absolute Gasteiger partial charge is 0.462 e. The zero-order chi connectivity index (χ0) is 54.3. The molecule has 0 saturated heterocycles. The molecule has 75 heavy (non-hydrogen) atoms. The van der Waals surface area contributed by atoms with Crippen LogP contribution in [0.15, 0.2) is 158 Å². The second kappa shape index (κ2) is 61.6. The Bertz CT molecular complexity index is 1710. The van der Waals surface area contributed by atoms with E-state index in [2.05, 4.69) is 154 Å². The Morgan fingerprint density at radius 2 is 0.547 bits per heavy atom. The second-order valence-corrected chi connectivity index (χ2v) is 19.1. The molecule has 0 N–H and O–H groups in total. The van der Waals surface area contributed by atoms with Gasteiger partial charge in [0, 0.05) is 19.3 Å². The van der Waals surface area contributed by atoms with Crippen LogP contribution < -0.4 is 0 Å². The predicted octanol–water partition coefficient (Wildman–Crippen LogP) is 20.5. The molecule has 6 heteroatoms. The van der Waals surface area contributed by atoms with E-state index < -0.39 is 12.1 Å². The van der Waals surface area contributed by atoms with E-state index in [4.69, 9.17) is 14.2 Å². The normalized spacial score (nSPS) is 13.3. The Morgan fingerprint density at radius 1 is 0.280 bits per heavy atom. The molecule has 0 aromatic rings. The van der Waals surface area contributed by atoms with Crippen molar-refractivity contribution in [1.29, 1.82) is 0 Å². The summed E-state index contributed by atoms with van der Waals surface area (Å²) in [7, 11) is 0. The van der Waals surface area contributed by atoms with Crippen molar-refractivity contribution in [2.75, 3.05) is 13.2 Å². The van der Waals surface area contributed by atoms with E-state index in [9.17, 15) is 14.4 Å². The number of hydrogen-bond donors (Lipinski definition) is 0. The minimum Gasteiger partial charge on any atom is -0.462 e. The summed E-state index contributed by atoms with van der Waals surface area (Å²) in [6, 6.07) is 0. The van der Waals surface area contributed by atoms with Crippen molar-refractivity contribution in [2.24, 2.45) is 0 Å². The third-order valence-electron chi connectivity index (χ3n) is 12.0. The van der Waals surface area contributed by atoms with Gasteiger partial charge < -0.3 is 14.2 Å². The van der Waals surface area contributed by atoms with Crippen molar-refractivity contribution in [3.8, 4) is 0 Å². The first-order chi connectivity index (χ1) is 37.0. The molecular weight excluding hydrogens is 925 g/mol. The summed E-state index contributed by atoms with van der Waals surface area (Å²) in [6.45, 7) is 6.27. The number of ether oxygens (including phenoxy) is 3. The molecule has 0 aliphatic rings. The van der Waals surface area contributed by atoms with Crippen LogP contribution in [0, 0.1) is 0 Å². The van der Waals surface area contributed by atoms with E-state index in [1.54, 1.807) is 0 Å². The Morgan fingerprint density at radius 3 is 0.893 bits per heavy atom. The average Bonchev–Trinajstić information content (AvgIpc) is 3.41. The van der Waals surface area contributed by atoms with Gasteiger partial charge in [0.05, 0.1) is 0 Å². The fraction of sp³-hybridized carbons (Fsp3) is 0.580. The minimum absolute atomic E-state index is 0.139. The summed E-state index contributed by atoms with van der Waals surface area (Å²) in [5.41, 5.74) is 0. The summed E-state index contributed by atoms with van der Waals surface area (Å²) in [5, 5.41) is 0. The van der Waals surface area contributed by atoms with Crippen LogP contribution in [0.25, 0.3) is 0 Å². The Hall–Kier alpha value is -4.97. The van der Waals surface area contributed by atoms with Crippen molar-refractivity contribution in [3.63, 3.8) is 0 Å².